The first-order valence-corrected chi connectivity index (χ1v) is 7.16. The fourth-order valence-electron chi connectivity index (χ4n) is 2.02. The van der Waals surface area contributed by atoms with Gasteiger partial charge in [0.2, 0.25) is 17.8 Å². The van der Waals surface area contributed by atoms with Gasteiger partial charge >= 0.3 is 0 Å². The largest absolute Gasteiger partial charge is 0.391 e. The number of rotatable bonds is 7. The highest BCUT2D eigenvalue weighted by atomic mass is 16.3. The van der Waals surface area contributed by atoms with E-state index >= 15 is 0 Å². The summed E-state index contributed by atoms with van der Waals surface area (Å²) in [5, 5.41) is 16.1. The first-order valence-electron chi connectivity index (χ1n) is 7.16. The molecule has 2 aromatic rings. The maximum absolute atomic E-state index is 9.91. The minimum absolute atomic E-state index is 0.346. The third-order valence-corrected chi connectivity index (χ3v) is 3.33. The third-order valence-electron chi connectivity index (χ3n) is 3.33. The van der Waals surface area contributed by atoms with Crippen molar-refractivity contribution in [2.45, 2.75) is 25.9 Å². The second-order valence-corrected chi connectivity index (χ2v) is 5.07. The predicted octanol–water partition coefficient (Wildman–Crippen LogP) is 0.672. The Balaban J connectivity index is 1.77. The van der Waals surface area contributed by atoms with Crippen LogP contribution in [0.2, 0.25) is 0 Å². The van der Waals surface area contributed by atoms with Gasteiger partial charge in [-0.15, -0.1) is 0 Å². The molecule has 2 heterocycles. The molecule has 0 aliphatic heterocycles. The van der Waals surface area contributed by atoms with Crippen LogP contribution in [0.4, 0.5) is 11.9 Å². The van der Waals surface area contributed by atoms with Gasteiger partial charge in [0, 0.05) is 25.5 Å². The van der Waals surface area contributed by atoms with Crippen LogP contribution in [0.15, 0.2) is 18.7 Å². The smallest absolute Gasteiger partial charge is 0.241 e. The number of aromatic nitrogens is 5. The minimum Gasteiger partial charge on any atom is -0.391 e. The van der Waals surface area contributed by atoms with Crippen LogP contribution in [0.1, 0.15) is 19.8 Å². The molecule has 0 saturated heterocycles. The number of hydrogen-bond acceptors (Lipinski definition) is 7. The summed E-state index contributed by atoms with van der Waals surface area (Å²) in [7, 11) is 0. The van der Waals surface area contributed by atoms with E-state index in [2.05, 4.69) is 30.6 Å². The molecule has 21 heavy (non-hydrogen) atoms. The molecule has 0 bridgehead atoms. The van der Waals surface area contributed by atoms with E-state index in [1.807, 2.05) is 6.92 Å². The van der Waals surface area contributed by atoms with Crippen LogP contribution >= 0.6 is 0 Å². The molecule has 0 radical (unpaired) electrons. The van der Waals surface area contributed by atoms with Crippen LogP contribution in [0.25, 0.3) is 5.95 Å². The zero-order valence-corrected chi connectivity index (χ0v) is 11.9. The van der Waals surface area contributed by atoms with Crippen molar-refractivity contribution < 1.29 is 5.11 Å². The van der Waals surface area contributed by atoms with Crippen LogP contribution in [0.5, 0.6) is 0 Å². The quantitative estimate of drug-likeness (QED) is 0.688. The van der Waals surface area contributed by atoms with E-state index in [0.717, 1.165) is 19.4 Å². The van der Waals surface area contributed by atoms with E-state index in [-0.39, 0.29) is 6.10 Å². The summed E-state index contributed by atoms with van der Waals surface area (Å²) < 4.78 is 1.71. The Morgan fingerprint density at radius 3 is 2.67 bits per heavy atom. The lowest BCUT2D eigenvalue weighted by molar-refractivity contribution is 0.164. The minimum atomic E-state index is -0.346. The Morgan fingerprint density at radius 2 is 2.05 bits per heavy atom. The number of aliphatic hydroxyl groups excluding tert-OH is 1. The van der Waals surface area contributed by atoms with Crippen molar-refractivity contribution in [1.29, 1.82) is 0 Å². The van der Waals surface area contributed by atoms with Crippen molar-refractivity contribution in [3.63, 3.8) is 0 Å². The van der Waals surface area contributed by atoms with E-state index in [9.17, 15) is 5.11 Å². The maximum Gasteiger partial charge on any atom is 0.241 e. The maximum atomic E-state index is 9.91. The van der Waals surface area contributed by atoms with Gasteiger partial charge in [0.1, 0.15) is 6.33 Å². The molecule has 1 aliphatic rings. The van der Waals surface area contributed by atoms with Crippen molar-refractivity contribution in [3.05, 3.63) is 18.7 Å². The van der Waals surface area contributed by atoms with Gasteiger partial charge in [-0.05, 0) is 25.7 Å². The molecule has 0 aromatic carbocycles. The topological polar surface area (TPSA) is 101 Å². The van der Waals surface area contributed by atoms with E-state index in [1.165, 1.54) is 0 Å². The molecule has 3 N–H and O–H groups in total. The predicted molar refractivity (Wildman–Crippen MR) is 78.3 cm³/mol. The molecular formula is C13H19N7O. The molecule has 1 aliphatic carbocycles. The number of nitrogens with one attached hydrogen (secondary N) is 2. The zero-order valence-electron chi connectivity index (χ0n) is 11.9. The van der Waals surface area contributed by atoms with Gasteiger partial charge in [-0.25, -0.2) is 4.98 Å². The van der Waals surface area contributed by atoms with E-state index in [1.54, 1.807) is 23.3 Å². The van der Waals surface area contributed by atoms with Crippen molar-refractivity contribution in [2.75, 3.05) is 23.7 Å². The molecule has 8 heteroatoms. The molecule has 1 unspecified atom stereocenters. The van der Waals surface area contributed by atoms with Crippen LogP contribution in [-0.4, -0.2) is 48.8 Å². The number of aliphatic hydroxyl groups is 1. The molecule has 0 spiro atoms. The van der Waals surface area contributed by atoms with Gasteiger partial charge in [-0.1, -0.05) is 0 Å². The molecule has 8 nitrogen and oxygen atoms in total. The summed E-state index contributed by atoms with van der Waals surface area (Å²) in [6.45, 7) is 3.14. The highest BCUT2D eigenvalue weighted by molar-refractivity contribution is 5.38. The second-order valence-electron chi connectivity index (χ2n) is 5.07. The van der Waals surface area contributed by atoms with Crippen molar-refractivity contribution >= 4 is 11.9 Å². The van der Waals surface area contributed by atoms with E-state index < -0.39 is 0 Å². The standard InChI is InChI=1S/C13H19N7O/c1-2-15-11-17-12(16-7-10(21)9-3-4-9)19-13(18-11)20-6-5-14-8-20/h5-6,8-10,21H,2-4,7H2,1H3,(H2,15,16,17,18,19). The van der Waals surface area contributed by atoms with Gasteiger partial charge in [0.25, 0.3) is 0 Å². The lowest BCUT2D eigenvalue weighted by Gasteiger charge is -2.12. The lowest BCUT2D eigenvalue weighted by atomic mass is 10.2. The Morgan fingerprint density at radius 1 is 1.29 bits per heavy atom. The fourth-order valence-corrected chi connectivity index (χ4v) is 2.02. The summed E-state index contributed by atoms with van der Waals surface area (Å²) in [6, 6.07) is 0. The van der Waals surface area contributed by atoms with Crippen LogP contribution in [0, 0.1) is 5.92 Å². The zero-order chi connectivity index (χ0) is 14.7. The highest BCUT2D eigenvalue weighted by Crippen LogP contribution is 2.32. The molecule has 1 saturated carbocycles. The van der Waals surface area contributed by atoms with Crippen LogP contribution < -0.4 is 10.6 Å². The van der Waals surface area contributed by atoms with Crippen molar-refractivity contribution in [2.24, 2.45) is 5.92 Å². The van der Waals surface area contributed by atoms with Gasteiger partial charge < -0.3 is 15.7 Å². The Hall–Kier alpha value is -2.22. The van der Waals surface area contributed by atoms with E-state index in [4.69, 9.17) is 0 Å². The average Bonchev–Trinajstić information content (AvgIpc) is 3.19. The van der Waals surface area contributed by atoms with E-state index in [0.29, 0.717) is 30.3 Å². The molecular weight excluding hydrogens is 270 g/mol. The normalized spacial score (nSPS) is 15.7. The lowest BCUT2D eigenvalue weighted by Crippen LogP contribution is -2.23. The number of nitrogens with zero attached hydrogens (tertiary/aromatic N) is 5. The van der Waals surface area contributed by atoms with Crippen molar-refractivity contribution in [3.8, 4) is 5.95 Å². The molecule has 3 rings (SSSR count). The first kappa shape index (κ1) is 13.7. The highest BCUT2D eigenvalue weighted by Gasteiger charge is 2.29. The molecule has 112 valence electrons. The third kappa shape index (κ3) is 3.46. The SMILES string of the molecule is CCNc1nc(NCC(O)C2CC2)nc(-n2ccnc2)n1. The monoisotopic (exact) mass is 289 g/mol. The van der Waals surface area contributed by atoms with Crippen LogP contribution in [0.3, 0.4) is 0 Å². The molecule has 1 fully saturated rings. The summed E-state index contributed by atoms with van der Waals surface area (Å²) in [4.78, 5) is 17.0. The van der Waals surface area contributed by atoms with Crippen molar-refractivity contribution in [1.82, 2.24) is 24.5 Å². The molecule has 2 aromatic heterocycles. The fraction of sp³-hybridized carbons (Fsp3) is 0.538. The summed E-state index contributed by atoms with van der Waals surface area (Å²) in [6.07, 6.45) is 6.93. The van der Waals surface area contributed by atoms with Gasteiger partial charge in [-0.2, -0.15) is 15.0 Å². The number of anilines is 2. The van der Waals surface area contributed by atoms with Gasteiger partial charge in [0.05, 0.1) is 6.10 Å². The van der Waals surface area contributed by atoms with Gasteiger partial charge in [-0.3, -0.25) is 4.57 Å². The summed E-state index contributed by atoms with van der Waals surface area (Å²) >= 11 is 0. The molecule has 0 amide bonds. The average molecular weight is 289 g/mol. The Labute approximate surface area is 122 Å². The summed E-state index contributed by atoms with van der Waals surface area (Å²) in [5.41, 5.74) is 0. The number of imidazole rings is 1. The molecule has 1 atom stereocenters. The second kappa shape index (κ2) is 6.04. The first-order chi connectivity index (χ1) is 10.3. The Kier molecular flexibility index (Phi) is 3.96. The van der Waals surface area contributed by atoms with Crippen LogP contribution in [-0.2, 0) is 0 Å². The number of hydrogen-bond donors (Lipinski definition) is 3. The summed E-state index contributed by atoms with van der Waals surface area (Å²) in [5.74, 6) is 1.85. The van der Waals surface area contributed by atoms with Gasteiger partial charge in [0.15, 0.2) is 0 Å². The Bertz CT molecular complexity index is 582.